The molecule has 2 rings (SSSR count). The van der Waals surface area contributed by atoms with E-state index in [1.807, 2.05) is 37.1 Å². The van der Waals surface area contributed by atoms with Gasteiger partial charge < -0.3 is 10.6 Å². The molecule has 0 unspecified atom stereocenters. The molecular weight excluding hydrogens is 214 g/mol. The molecule has 0 saturated carbocycles. The number of likely N-dealkylation sites (N-methyl/N-ethyl adjacent to an activating group) is 1. The summed E-state index contributed by atoms with van der Waals surface area (Å²) in [5, 5.41) is 4.15. The number of hydrogen-bond acceptors (Lipinski definition) is 4. The monoisotopic (exact) mass is 231 g/mol. The Morgan fingerprint density at radius 2 is 2.18 bits per heavy atom. The van der Waals surface area contributed by atoms with Crippen molar-refractivity contribution in [3.05, 3.63) is 36.4 Å². The topological polar surface area (TPSA) is 60.0 Å². The predicted molar refractivity (Wildman–Crippen MR) is 68.8 cm³/mol. The van der Waals surface area contributed by atoms with E-state index in [4.69, 9.17) is 5.73 Å². The van der Waals surface area contributed by atoms with Crippen LogP contribution in [0.15, 0.2) is 30.7 Å². The van der Waals surface area contributed by atoms with Crippen molar-refractivity contribution < 1.29 is 0 Å². The summed E-state index contributed by atoms with van der Waals surface area (Å²) in [6.07, 6.45) is 6.19. The van der Waals surface area contributed by atoms with Crippen LogP contribution in [0.25, 0.3) is 0 Å². The van der Waals surface area contributed by atoms with Gasteiger partial charge in [-0.15, -0.1) is 0 Å². The number of aryl methyl sites for hydroxylation is 1. The van der Waals surface area contributed by atoms with Crippen molar-refractivity contribution >= 4 is 11.4 Å². The summed E-state index contributed by atoms with van der Waals surface area (Å²) < 4.78 is 1.89. The fourth-order valence-corrected chi connectivity index (χ4v) is 1.80. The van der Waals surface area contributed by atoms with Crippen molar-refractivity contribution in [3.63, 3.8) is 0 Å². The lowest BCUT2D eigenvalue weighted by atomic mass is 10.2. The average molecular weight is 231 g/mol. The molecule has 0 spiro atoms. The average Bonchev–Trinajstić information content (AvgIpc) is 2.72. The minimum atomic E-state index is 0.708. The van der Waals surface area contributed by atoms with Gasteiger partial charge in [0.25, 0.3) is 0 Å². The van der Waals surface area contributed by atoms with Crippen LogP contribution in [0.5, 0.6) is 0 Å². The van der Waals surface area contributed by atoms with Crippen LogP contribution < -0.4 is 10.6 Å². The van der Waals surface area contributed by atoms with Gasteiger partial charge in [-0.05, 0) is 12.1 Å². The Balaban J connectivity index is 2.01. The highest BCUT2D eigenvalue weighted by molar-refractivity contribution is 5.65. The van der Waals surface area contributed by atoms with Gasteiger partial charge in [0.1, 0.15) is 0 Å². The van der Waals surface area contributed by atoms with E-state index in [9.17, 15) is 0 Å². The highest BCUT2D eigenvalue weighted by Gasteiger charge is 2.06. The van der Waals surface area contributed by atoms with E-state index >= 15 is 0 Å². The molecule has 0 saturated heterocycles. The zero-order valence-electron chi connectivity index (χ0n) is 10.2. The first-order valence-electron chi connectivity index (χ1n) is 5.56. The van der Waals surface area contributed by atoms with Crippen molar-refractivity contribution in [2.24, 2.45) is 7.05 Å². The van der Waals surface area contributed by atoms with Crippen LogP contribution >= 0.6 is 0 Å². The molecule has 0 radical (unpaired) electrons. The third-order valence-electron chi connectivity index (χ3n) is 2.86. The second kappa shape index (κ2) is 4.86. The van der Waals surface area contributed by atoms with E-state index in [1.54, 1.807) is 12.4 Å². The van der Waals surface area contributed by atoms with Gasteiger partial charge in [0, 0.05) is 45.1 Å². The van der Waals surface area contributed by atoms with Gasteiger partial charge in [-0.2, -0.15) is 5.10 Å². The number of anilines is 2. The van der Waals surface area contributed by atoms with Crippen LogP contribution in [-0.4, -0.2) is 28.4 Å². The smallest absolute Gasteiger partial charge is 0.0738 e. The summed E-state index contributed by atoms with van der Waals surface area (Å²) in [7, 11) is 3.98. The summed E-state index contributed by atoms with van der Waals surface area (Å²) in [6.45, 7) is 0.897. The van der Waals surface area contributed by atoms with Gasteiger partial charge in [0.2, 0.25) is 0 Å². The molecule has 0 atom stereocenters. The lowest BCUT2D eigenvalue weighted by molar-refractivity contribution is 0.699. The number of nitrogens with zero attached hydrogens (tertiary/aromatic N) is 4. The summed E-state index contributed by atoms with van der Waals surface area (Å²) in [4.78, 5) is 6.11. The largest absolute Gasteiger partial charge is 0.396 e. The quantitative estimate of drug-likeness (QED) is 0.855. The molecule has 0 aliphatic rings. The molecule has 17 heavy (non-hydrogen) atoms. The number of nitrogens with two attached hydrogens (primary N) is 1. The molecule has 0 aliphatic heterocycles. The molecule has 0 bridgehead atoms. The third kappa shape index (κ3) is 2.55. The Kier molecular flexibility index (Phi) is 3.27. The molecular formula is C12H17N5. The van der Waals surface area contributed by atoms with Crippen LogP contribution in [0, 0.1) is 0 Å². The second-order valence-electron chi connectivity index (χ2n) is 4.05. The van der Waals surface area contributed by atoms with Gasteiger partial charge in [-0.25, -0.2) is 0 Å². The zero-order chi connectivity index (χ0) is 12.3. The number of aromatic nitrogens is 3. The van der Waals surface area contributed by atoms with E-state index < -0.39 is 0 Å². The minimum Gasteiger partial charge on any atom is -0.396 e. The fourth-order valence-electron chi connectivity index (χ4n) is 1.80. The molecule has 0 aromatic carbocycles. The van der Waals surface area contributed by atoms with Crippen LogP contribution in [0.3, 0.4) is 0 Å². The Bertz CT molecular complexity index is 491. The molecule has 0 fully saturated rings. The van der Waals surface area contributed by atoms with E-state index in [0.29, 0.717) is 5.69 Å². The highest BCUT2D eigenvalue weighted by atomic mass is 15.3. The molecule has 5 nitrogen and oxygen atoms in total. The maximum atomic E-state index is 5.88. The molecule has 2 N–H and O–H groups in total. The van der Waals surface area contributed by atoms with Crippen molar-refractivity contribution in [1.82, 2.24) is 14.8 Å². The van der Waals surface area contributed by atoms with Gasteiger partial charge in [-0.3, -0.25) is 9.67 Å². The number of rotatable bonds is 4. The summed E-state index contributed by atoms with van der Waals surface area (Å²) in [6, 6.07) is 3.96. The van der Waals surface area contributed by atoms with Gasteiger partial charge in [0.15, 0.2) is 0 Å². The molecule has 2 heterocycles. The zero-order valence-corrected chi connectivity index (χ0v) is 10.2. The Hall–Kier alpha value is -2.04. The van der Waals surface area contributed by atoms with E-state index in [2.05, 4.69) is 15.0 Å². The van der Waals surface area contributed by atoms with Gasteiger partial charge >= 0.3 is 0 Å². The molecule has 90 valence electrons. The predicted octanol–water partition coefficient (Wildman–Crippen LogP) is 1.08. The Morgan fingerprint density at radius 1 is 1.35 bits per heavy atom. The number of nitrogen functional groups attached to an aromatic ring is 1. The molecule has 0 aliphatic carbocycles. The standard InChI is InChI=1S/C12H17N5/c1-16(12-4-6-14-9-11(12)13)8-5-10-3-7-15-17(10)2/h3-4,6-7,9H,5,8,13H2,1-2H3. The second-order valence-corrected chi connectivity index (χ2v) is 4.05. The summed E-state index contributed by atoms with van der Waals surface area (Å²) in [5.74, 6) is 0. The first-order chi connectivity index (χ1) is 8.18. The van der Waals surface area contributed by atoms with Crippen LogP contribution in [0.1, 0.15) is 5.69 Å². The minimum absolute atomic E-state index is 0.708. The number of pyridine rings is 1. The molecule has 5 heteroatoms. The Morgan fingerprint density at radius 3 is 2.82 bits per heavy atom. The van der Waals surface area contributed by atoms with E-state index in [0.717, 1.165) is 18.7 Å². The van der Waals surface area contributed by atoms with E-state index in [1.165, 1.54) is 5.69 Å². The summed E-state index contributed by atoms with van der Waals surface area (Å²) >= 11 is 0. The maximum absolute atomic E-state index is 5.88. The normalized spacial score (nSPS) is 10.5. The Labute approximate surface area is 101 Å². The highest BCUT2D eigenvalue weighted by Crippen LogP contribution is 2.19. The van der Waals surface area contributed by atoms with Crippen molar-refractivity contribution in [2.75, 3.05) is 24.2 Å². The first-order valence-corrected chi connectivity index (χ1v) is 5.56. The van der Waals surface area contributed by atoms with Crippen molar-refractivity contribution in [1.29, 1.82) is 0 Å². The van der Waals surface area contributed by atoms with Crippen LogP contribution in [0.2, 0.25) is 0 Å². The molecule has 2 aromatic rings. The van der Waals surface area contributed by atoms with Crippen LogP contribution in [-0.2, 0) is 13.5 Å². The molecule has 0 amide bonds. The van der Waals surface area contributed by atoms with Crippen LogP contribution in [0.4, 0.5) is 11.4 Å². The fraction of sp³-hybridized carbons (Fsp3) is 0.333. The lowest BCUT2D eigenvalue weighted by Crippen LogP contribution is -2.22. The summed E-state index contributed by atoms with van der Waals surface area (Å²) in [5.41, 5.74) is 8.82. The molecule has 2 aromatic heterocycles. The van der Waals surface area contributed by atoms with Gasteiger partial charge in [-0.1, -0.05) is 0 Å². The number of hydrogen-bond donors (Lipinski definition) is 1. The maximum Gasteiger partial charge on any atom is 0.0738 e. The lowest BCUT2D eigenvalue weighted by Gasteiger charge is -2.20. The van der Waals surface area contributed by atoms with Crippen molar-refractivity contribution in [2.45, 2.75) is 6.42 Å². The van der Waals surface area contributed by atoms with E-state index in [-0.39, 0.29) is 0 Å². The van der Waals surface area contributed by atoms with Gasteiger partial charge in [0.05, 0.1) is 17.6 Å². The van der Waals surface area contributed by atoms with Crippen molar-refractivity contribution in [3.8, 4) is 0 Å². The third-order valence-corrected chi connectivity index (χ3v) is 2.86. The SMILES string of the molecule is CN(CCc1ccnn1C)c1ccncc1N. The first kappa shape index (κ1) is 11.4.